The number of anilines is 1. The molecule has 0 aliphatic carbocycles. The van der Waals surface area contributed by atoms with E-state index in [-0.39, 0.29) is 18.1 Å². The predicted molar refractivity (Wildman–Crippen MR) is 71.5 cm³/mol. The molecule has 1 fully saturated rings. The van der Waals surface area contributed by atoms with Gasteiger partial charge >= 0.3 is 6.61 Å². The molecule has 21 heavy (non-hydrogen) atoms. The molecule has 1 unspecified atom stereocenters. The van der Waals surface area contributed by atoms with Gasteiger partial charge in [0.1, 0.15) is 11.9 Å². The van der Waals surface area contributed by atoms with E-state index in [4.69, 9.17) is 4.74 Å². The van der Waals surface area contributed by atoms with Crippen LogP contribution in [0.5, 0.6) is 5.75 Å². The Morgan fingerprint density at radius 1 is 1.48 bits per heavy atom. The van der Waals surface area contributed by atoms with E-state index in [1.54, 1.807) is 0 Å². The predicted octanol–water partition coefficient (Wildman–Crippen LogP) is 1.78. The molecular weight excluding hydrogens is 313 g/mol. The van der Waals surface area contributed by atoms with Gasteiger partial charge in [-0.2, -0.15) is 8.78 Å². The van der Waals surface area contributed by atoms with E-state index in [0.717, 1.165) is 18.2 Å². The van der Waals surface area contributed by atoms with Crippen LogP contribution < -0.4 is 15.4 Å². The van der Waals surface area contributed by atoms with Crippen LogP contribution in [0.25, 0.3) is 0 Å². The van der Waals surface area contributed by atoms with Crippen molar-refractivity contribution in [3.05, 3.63) is 24.0 Å². The number of hydrogen-bond donors (Lipinski definition) is 2. The molecule has 1 aliphatic rings. The van der Waals surface area contributed by atoms with E-state index < -0.39 is 30.2 Å². The van der Waals surface area contributed by atoms with Crippen LogP contribution in [0.2, 0.25) is 0 Å². The van der Waals surface area contributed by atoms with Crippen LogP contribution >= 0.6 is 12.4 Å². The van der Waals surface area contributed by atoms with Crippen molar-refractivity contribution in [1.82, 2.24) is 5.32 Å². The molecule has 0 saturated carbocycles. The molecule has 1 aromatic carbocycles. The molecule has 1 saturated heterocycles. The summed E-state index contributed by atoms with van der Waals surface area (Å²) in [5.74, 6) is -1.69. The van der Waals surface area contributed by atoms with E-state index in [0.29, 0.717) is 19.7 Å². The maximum Gasteiger partial charge on any atom is 0.387 e. The molecule has 0 radical (unpaired) electrons. The highest BCUT2D eigenvalue weighted by Gasteiger charge is 2.23. The molecule has 0 bridgehead atoms. The number of ether oxygens (including phenoxy) is 2. The first kappa shape index (κ1) is 17.5. The fourth-order valence-electron chi connectivity index (χ4n) is 1.74. The average molecular weight is 327 g/mol. The molecule has 1 aliphatic heterocycles. The van der Waals surface area contributed by atoms with E-state index in [2.05, 4.69) is 15.4 Å². The lowest BCUT2D eigenvalue weighted by atomic mass is 10.2. The number of carbonyl (C=O) groups excluding carboxylic acids is 1. The Hall–Kier alpha value is -1.51. The van der Waals surface area contributed by atoms with Gasteiger partial charge in [-0.05, 0) is 12.1 Å². The second kappa shape index (κ2) is 8.06. The molecule has 0 spiro atoms. The molecule has 1 amide bonds. The number of carbonyl (C=O) groups is 1. The molecule has 118 valence electrons. The number of morpholine rings is 1. The van der Waals surface area contributed by atoms with Crippen LogP contribution in [0.15, 0.2) is 18.2 Å². The minimum Gasteiger partial charge on any atom is -0.432 e. The van der Waals surface area contributed by atoms with Crippen molar-refractivity contribution >= 4 is 24.0 Å². The van der Waals surface area contributed by atoms with E-state index in [1.807, 2.05) is 0 Å². The maximum atomic E-state index is 13.0. The SMILES string of the molecule is Cl.O=C(Nc1ccc(F)cc1OC(F)F)C1CNCCO1. The van der Waals surface area contributed by atoms with Gasteiger partial charge < -0.3 is 20.1 Å². The molecule has 1 aromatic rings. The zero-order chi connectivity index (χ0) is 14.5. The molecule has 5 nitrogen and oxygen atoms in total. The van der Waals surface area contributed by atoms with Gasteiger partial charge in [0, 0.05) is 19.2 Å². The minimum absolute atomic E-state index is 0. The number of benzene rings is 1. The zero-order valence-electron chi connectivity index (χ0n) is 10.8. The van der Waals surface area contributed by atoms with Crippen molar-refractivity contribution in [2.24, 2.45) is 0 Å². The Balaban J connectivity index is 0.00000220. The fourth-order valence-corrected chi connectivity index (χ4v) is 1.74. The summed E-state index contributed by atoms with van der Waals surface area (Å²) in [4.78, 5) is 11.9. The Kier molecular flexibility index (Phi) is 6.73. The topological polar surface area (TPSA) is 59.6 Å². The van der Waals surface area contributed by atoms with Crippen LogP contribution in [0.3, 0.4) is 0 Å². The lowest BCUT2D eigenvalue weighted by Gasteiger charge is -2.23. The van der Waals surface area contributed by atoms with E-state index in [1.165, 1.54) is 0 Å². The third kappa shape index (κ3) is 5.07. The molecule has 1 atom stereocenters. The molecule has 2 rings (SSSR count). The van der Waals surface area contributed by atoms with Gasteiger partial charge in [-0.15, -0.1) is 12.4 Å². The summed E-state index contributed by atoms with van der Waals surface area (Å²) in [5, 5.41) is 5.34. The van der Waals surface area contributed by atoms with Crippen molar-refractivity contribution in [2.75, 3.05) is 25.0 Å². The first-order valence-electron chi connectivity index (χ1n) is 5.94. The third-order valence-electron chi connectivity index (χ3n) is 2.64. The van der Waals surface area contributed by atoms with Gasteiger partial charge in [-0.3, -0.25) is 4.79 Å². The van der Waals surface area contributed by atoms with Crippen molar-refractivity contribution in [3.63, 3.8) is 0 Å². The van der Waals surface area contributed by atoms with Gasteiger partial charge in [-0.25, -0.2) is 4.39 Å². The first-order chi connectivity index (χ1) is 9.56. The fraction of sp³-hybridized carbons (Fsp3) is 0.417. The quantitative estimate of drug-likeness (QED) is 0.885. The zero-order valence-corrected chi connectivity index (χ0v) is 11.6. The molecule has 2 N–H and O–H groups in total. The van der Waals surface area contributed by atoms with Crippen LogP contribution in [0.1, 0.15) is 0 Å². The van der Waals surface area contributed by atoms with Crippen LogP contribution in [-0.4, -0.2) is 38.3 Å². The number of nitrogens with one attached hydrogen (secondary N) is 2. The lowest BCUT2D eigenvalue weighted by Crippen LogP contribution is -2.45. The van der Waals surface area contributed by atoms with Gasteiger partial charge in [0.25, 0.3) is 5.91 Å². The van der Waals surface area contributed by atoms with Gasteiger partial charge in [0.05, 0.1) is 12.3 Å². The average Bonchev–Trinajstić information content (AvgIpc) is 2.42. The maximum absolute atomic E-state index is 13.0. The van der Waals surface area contributed by atoms with Crippen molar-refractivity contribution < 1.29 is 27.4 Å². The summed E-state index contributed by atoms with van der Waals surface area (Å²) in [5.41, 5.74) is -0.0362. The second-order valence-electron chi connectivity index (χ2n) is 4.07. The first-order valence-corrected chi connectivity index (χ1v) is 5.94. The summed E-state index contributed by atoms with van der Waals surface area (Å²) in [7, 11) is 0. The van der Waals surface area contributed by atoms with Crippen LogP contribution in [0, 0.1) is 5.82 Å². The largest absolute Gasteiger partial charge is 0.432 e. The molecule has 1 heterocycles. The second-order valence-corrected chi connectivity index (χ2v) is 4.07. The Morgan fingerprint density at radius 3 is 2.86 bits per heavy atom. The normalized spacial score (nSPS) is 18.0. The molecule has 0 aromatic heterocycles. The van der Waals surface area contributed by atoms with Gasteiger partial charge in [-0.1, -0.05) is 0 Å². The lowest BCUT2D eigenvalue weighted by molar-refractivity contribution is -0.128. The summed E-state index contributed by atoms with van der Waals surface area (Å²) < 4.78 is 46.9. The smallest absolute Gasteiger partial charge is 0.387 e. The van der Waals surface area contributed by atoms with Crippen LogP contribution in [-0.2, 0) is 9.53 Å². The van der Waals surface area contributed by atoms with Crippen molar-refractivity contribution in [1.29, 1.82) is 0 Å². The molecular formula is C12H14ClF3N2O3. The van der Waals surface area contributed by atoms with Crippen LogP contribution in [0.4, 0.5) is 18.9 Å². The highest BCUT2D eigenvalue weighted by Crippen LogP contribution is 2.27. The Morgan fingerprint density at radius 2 is 2.24 bits per heavy atom. The Bertz CT molecular complexity index is 485. The number of rotatable bonds is 4. The summed E-state index contributed by atoms with van der Waals surface area (Å²) in [6.07, 6.45) is -0.729. The summed E-state index contributed by atoms with van der Waals surface area (Å²) in [6, 6.07) is 2.97. The summed E-state index contributed by atoms with van der Waals surface area (Å²) >= 11 is 0. The van der Waals surface area contributed by atoms with E-state index in [9.17, 15) is 18.0 Å². The summed E-state index contributed by atoms with van der Waals surface area (Å²) in [6.45, 7) is -1.78. The number of amides is 1. The highest BCUT2D eigenvalue weighted by molar-refractivity contribution is 5.95. The number of halogens is 4. The minimum atomic E-state index is -3.11. The highest BCUT2D eigenvalue weighted by atomic mass is 35.5. The monoisotopic (exact) mass is 326 g/mol. The standard InChI is InChI=1S/C12H13F3N2O3.ClH/c13-7-1-2-8(9(5-7)20-12(14)15)17-11(18)10-6-16-3-4-19-10;/h1-2,5,10,12,16H,3-4,6H2,(H,17,18);1H. The van der Waals surface area contributed by atoms with Crippen molar-refractivity contribution in [3.8, 4) is 5.75 Å². The van der Waals surface area contributed by atoms with Gasteiger partial charge in [0.2, 0.25) is 0 Å². The number of hydrogen-bond acceptors (Lipinski definition) is 4. The molecule has 9 heteroatoms. The van der Waals surface area contributed by atoms with Gasteiger partial charge in [0.15, 0.2) is 5.75 Å². The van der Waals surface area contributed by atoms with Crippen molar-refractivity contribution in [2.45, 2.75) is 12.7 Å². The third-order valence-corrected chi connectivity index (χ3v) is 2.64. The Labute approximate surface area is 125 Å². The number of alkyl halides is 2. The van der Waals surface area contributed by atoms with E-state index >= 15 is 0 Å².